The Balaban J connectivity index is 2.27. The molecule has 0 radical (unpaired) electrons. The number of hydrogen-bond acceptors (Lipinski definition) is 0. The van der Waals surface area contributed by atoms with E-state index in [1.54, 1.807) is 0 Å². The van der Waals surface area contributed by atoms with Crippen LogP contribution in [0.4, 0.5) is 0 Å². The molecule has 0 N–H and O–H groups in total. The number of fused-ring (bicyclic) bond motifs is 1. The van der Waals surface area contributed by atoms with Crippen molar-refractivity contribution in [3.8, 4) is 11.3 Å². The lowest BCUT2D eigenvalue weighted by Crippen LogP contribution is -1.77. The molecule has 0 bridgehead atoms. The minimum absolute atomic E-state index is 0.412. The summed E-state index contributed by atoms with van der Waals surface area (Å²) in [6.45, 7) is 0. The van der Waals surface area contributed by atoms with Crippen LogP contribution in [0.25, 0.3) is 22.3 Å². The summed E-state index contributed by atoms with van der Waals surface area (Å²) < 4.78 is 13.8. The van der Waals surface area contributed by atoms with Crippen LogP contribution in [-0.2, 0) is 0 Å². The molecule has 16 heavy (non-hydrogen) atoms. The molecular weight excluding hydrogens is 196 g/mol. The highest BCUT2D eigenvalue weighted by molar-refractivity contribution is 5.78. The van der Waals surface area contributed by atoms with E-state index in [4.69, 9.17) is 5.79 Å². The second-order valence-corrected chi connectivity index (χ2v) is 3.62. The first-order chi connectivity index (χ1) is 8.34. The van der Waals surface area contributed by atoms with Crippen LogP contribution in [0.5, 0.6) is 0 Å². The van der Waals surface area contributed by atoms with Gasteiger partial charge in [0.1, 0.15) is 0 Å². The van der Waals surface area contributed by atoms with Gasteiger partial charge in [-0.3, -0.25) is 0 Å². The molecule has 0 unspecified atom stereocenters. The Morgan fingerprint density at radius 3 is 2.44 bits per heavy atom. The Labute approximate surface area is 95.4 Å². The average molecular weight is 208 g/mol. The van der Waals surface area contributed by atoms with Gasteiger partial charge in [-0.1, -0.05) is 30.3 Å². The Hall–Kier alpha value is -2.15. The van der Waals surface area contributed by atoms with E-state index >= 15 is 0 Å². The molecule has 0 aliphatic rings. The lowest BCUT2D eigenvalue weighted by Gasteiger charge is -1.91. The summed E-state index contributed by atoms with van der Waals surface area (Å²) in [7, 11) is 0. The number of para-hydroxylation sites is 1. The molecule has 0 atom stereocenters. The average Bonchev–Trinajstić information content (AvgIpc) is 2.39. The fourth-order valence-electron chi connectivity index (χ4n) is 1.71. The molecule has 76 valence electrons. The van der Waals surface area contributed by atoms with E-state index < -0.39 is 0 Å². The molecule has 1 aromatic heterocycles. The molecule has 2 aromatic carbocycles. The Kier molecular flexibility index (Phi) is 1.90. The molecule has 0 amide bonds. The van der Waals surface area contributed by atoms with Crippen LogP contribution in [0.3, 0.4) is 0 Å². The molecule has 3 aromatic rings. The van der Waals surface area contributed by atoms with Crippen molar-refractivity contribution in [2.75, 3.05) is 0 Å². The van der Waals surface area contributed by atoms with Crippen molar-refractivity contribution >= 4 is 11.0 Å². The van der Waals surface area contributed by atoms with Gasteiger partial charge in [-0.15, -0.1) is 0 Å². The van der Waals surface area contributed by atoms with Gasteiger partial charge in [0.15, 0.2) is 0 Å². The van der Waals surface area contributed by atoms with E-state index in [0.29, 0.717) is 11.8 Å². The third-order valence-electron chi connectivity index (χ3n) is 2.53. The van der Waals surface area contributed by atoms with Gasteiger partial charge in [-0.25, -0.2) is 4.42 Å². The third kappa shape index (κ3) is 1.57. The molecular formula is C15H11O+. The zero-order valence-electron chi connectivity index (χ0n) is 9.68. The van der Waals surface area contributed by atoms with Gasteiger partial charge in [0.05, 0.1) is 12.3 Å². The minimum atomic E-state index is 0.412. The number of benzene rings is 2. The Morgan fingerprint density at radius 1 is 0.812 bits per heavy atom. The van der Waals surface area contributed by atoms with Gasteiger partial charge < -0.3 is 0 Å². The maximum atomic E-state index is 8.00. The van der Waals surface area contributed by atoms with Gasteiger partial charge in [0.2, 0.25) is 0 Å². The Bertz CT molecular complexity index is 662. The van der Waals surface area contributed by atoms with E-state index in [1.165, 1.54) is 0 Å². The monoisotopic (exact) mass is 208 g/mol. The molecule has 1 nitrogen and oxygen atoms in total. The normalized spacial score (nSPS) is 11.4. The zero-order valence-corrected chi connectivity index (χ0v) is 8.68. The van der Waals surface area contributed by atoms with Crippen molar-refractivity contribution in [1.82, 2.24) is 0 Å². The van der Waals surface area contributed by atoms with Crippen LogP contribution in [0.1, 0.15) is 1.37 Å². The van der Waals surface area contributed by atoms with Crippen LogP contribution in [0.2, 0.25) is 0 Å². The number of rotatable bonds is 1. The fraction of sp³-hybridized carbons (Fsp3) is 0. The summed E-state index contributed by atoms with van der Waals surface area (Å²) in [5.74, 6) is 0.615. The molecule has 0 aliphatic carbocycles. The maximum absolute atomic E-state index is 8.00. The topological polar surface area (TPSA) is 11.3 Å². The summed E-state index contributed by atoms with van der Waals surface area (Å²) in [5.41, 5.74) is 1.74. The quantitative estimate of drug-likeness (QED) is 0.540. The fourth-order valence-corrected chi connectivity index (χ4v) is 1.71. The van der Waals surface area contributed by atoms with Crippen molar-refractivity contribution < 1.29 is 5.79 Å². The van der Waals surface area contributed by atoms with Crippen LogP contribution < -0.4 is 0 Å². The summed E-state index contributed by atoms with van der Waals surface area (Å²) >= 11 is 0. The van der Waals surface area contributed by atoms with Crippen molar-refractivity contribution in [1.29, 1.82) is 0 Å². The van der Waals surface area contributed by atoms with E-state index in [0.717, 1.165) is 16.5 Å². The predicted octanol–water partition coefficient (Wildman–Crippen LogP) is 4.38. The van der Waals surface area contributed by atoms with E-state index in [-0.39, 0.29) is 0 Å². The number of hydrogen-bond donors (Lipinski definition) is 0. The van der Waals surface area contributed by atoms with Gasteiger partial charge in [-0.05, 0) is 24.3 Å². The lowest BCUT2D eigenvalue weighted by atomic mass is 10.1. The summed E-state index contributed by atoms with van der Waals surface area (Å²) in [5, 5.41) is 0.956. The first-order valence-corrected chi connectivity index (χ1v) is 5.22. The van der Waals surface area contributed by atoms with Crippen LogP contribution in [-0.4, -0.2) is 0 Å². The lowest BCUT2D eigenvalue weighted by molar-refractivity contribution is 0.620. The Morgan fingerprint density at radius 2 is 1.56 bits per heavy atom. The van der Waals surface area contributed by atoms with Gasteiger partial charge in [0, 0.05) is 12.1 Å². The molecule has 0 fully saturated rings. The largest absolute Gasteiger partial charge is 0.360 e. The smallest absolute Gasteiger partial charge is 0.207 e. The van der Waals surface area contributed by atoms with Crippen molar-refractivity contribution in [2.24, 2.45) is 0 Å². The first kappa shape index (κ1) is 8.05. The highest BCUT2D eigenvalue weighted by atomic mass is 16.3. The molecule has 0 spiro atoms. The van der Waals surface area contributed by atoms with Gasteiger partial charge >= 0.3 is 11.3 Å². The van der Waals surface area contributed by atoms with Crippen molar-refractivity contribution in [3.05, 3.63) is 66.7 Å². The van der Waals surface area contributed by atoms with E-state index in [2.05, 4.69) is 0 Å². The van der Waals surface area contributed by atoms with Gasteiger partial charge in [-0.2, -0.15) is 0 Å². The predicted molar refractivity (Wildman–Crippen MR) is 66.1 cm³/mol. The van der Waals surface area contributed by atoms with Crippen LogP contribution in [0, 0.1) is 0 Å². The summed E-state index contributed by atoms with van der Waals surface area (Å²) in [6, 6.07) is 19.7. The molecule has 0 saturated carbocycles. The summed E-state index contributed by atoms with van der Waals surface area (Å²) in [4.78, 5) is 0. The molecule has 0 saturated heterocycles. The second-order valence-electron chi connectivity index (χ2n) is 3.62. The van der Waals surface area contributed by atoms with Crippen molar-refractivity contribution in [2.45, 2.75) is 0 Å². The highest BCUT2D eigenvalue weighted by Gasteiger charge is 2.12. The van der Waals surface area contributed by atoms with Gasteiger partial charge in [0.25, 0.3) is 0 Å². The van der Waals surface area contributed by atoms with Crippen LogP contribution >= 0.6 is 0 Å². The third-order valence-corrected chi connectivity index (χ3v) is 2.53. The molecule has 1 heteroatoms. The van der Waals surface area contributed by atoms with E-state index in [9.17, 15) is 0 Å². The maximum Gasteiger partial charge on any atom is 0.360 e. The summed E-state index contributed by atoms with van der Waals surface area (Å²) in [6.07, 6.45) is 0. The minimum Gasteiger partial charge on any atom is -0.207 e. The molecule has 1 heterocycles. The highest BCUT2D eigenvalue weighted by Crippen LogP contribution is 2.23. The second kappa shape index (κ2) is 3.78. The zero-order chi connectivity index (χ0) is 11.7. The van der Waals surface area contributed by atoms with Crippen LogP contribution in [0.15, 0.2) is 71.1 Å². The SMILES string of the molecule is [2H]c1cc2ccccc2[o+]c1-c1ccccc1. The van der Waals surface area contributed by atoms with E-state index in [1.807, 2.05) is 60.7 Å². The molecule has 3 rings (SSSR count). The first-order valence-electron chi connectivity index (χ1n) is 5.72. The molecule has 0 aliphatic heterocycles. The standard InChI is InChI=1S/C15H11O/c1-2-6-12(7-3-1)15-11-10-13-8-4-5-9-14(13)16-15/h1-11H/q+1/i11D. The van der Waals surface area contributed by atoms with Crippen molar-refractivity contribution in [3.63, 3.8) is 0 Å².